The minimum Gasteiger partial charge on any atom is -0.496 e. The van der Waals surface area contributed by atoms with Crippen LogP contribution in [-0.4, -0.2) is 12.1 Å². The molecule has 2 rings (SSSR count). The van der Waals surface area contributed by atoms with Gasteiger partial charge in [-0.2, -0.15) is 0 Å². The van der Waals surface area contributed by atoms with E-state index in [0.29, 0.717) is 13.1 Å². The Kier molecular flexibility index (Phi) is 3.95. The molecule has 0 radical (unpaired) electrons. The third kappa shape index (κ3) is 2.95. The van der Waals surface area contributed by atoms with E-state index in [1.165, 1.54) is 0 Å². The maximum absolute atomic E-state index is 5.51. The molecule has 17 heavy (non-hydrogen) atoms. The quantitative estimate of drug-likeness (QED) is 0.853. The molecule has 0 unspecified atom stereocenters. The van der Waals surface area contributed by atoms with Gasteiger partial charge < -0.3 is 15.8 Å². The first kappa shape index (κ1) is 11.9. The highest BCUT2D eigenvalue weighted by Gasteiger charge is 2.03. The topological polar surface area (TPSA) is 60.2 Å². The second-order valence-corrected chi connectivity index (χ2v) is 4.37. The van der Waals surface area contributed by atoms with Crippen LogP contribution in [0.15, 0.2) is 29.6 Å². The summed E-state index contributed by atoms with van der Waals surface area (Å²) >= 11 is 1.56. The van der Waals surface area contributed by atoms with E-state index in [1.54, 1.807) is 18.4 Å². The van der Waals surface area contributed by atoms with Gasteiger partial charge in [0.25, 0.3) is 0 Å². The van der Waals surface area contributed by atoms with Crippen LogP contribution in [0, 0.1) is 0 Å². The number of anilines is 1. The van der Waals surface area contributed by atoms with E-state index < -0.39 is 0 Å². The maximum atomic E-state index is 5.51. The van der Waals surface area contributed by atoms with Crippen LogP contribution in [0.2, 0.25) is 0 Å². The van der Waals surface area contributed by atoms with Crippen molar-refractivity contribution in [1.29, 1.82) is 0 Å². The van der Waals surface area contributed by atoms with E-state index >= 15 is 0 Å². The van der Waals surface area contributed by atoms with Gasteiger partial charge in [-0.3, -0.25) is 0 Å². The highest BCUT2D eigenvalue weighted by Crippen LogP contribution is 2.20. The Balaban J connectivity index is 2.01. The standard InChI is InChI=1S/C12H15N3OS/c1-16-11-5-3-2-4-9(11)7-14-12-15-10(6-13)8-17-12/h2-5,8H,6-7,13H2,1H3,(H,14,15). The van der Waals surface area contributed by atoms with Crippen LogP contribution < -0.4 is 15.8 Å². The average molecular weight is 249 g/mol. The molecule has 4 nitrogen and oxygen atoms in total. The first-order valence-corrected chi connectivity index (χ1v) is 6.21. The second kappa shape index (κ2) is 5.65. The van der Waals surface area contributed by atoms with E-state index in [2.05, 4.69) is 10.3 Å². The minimum atomic E-state index is 0.479. The summed E-state index contributed by atoms with van der Waals surface area (Å²) in [6.45, 7) is 1.17. The molecule has 0 amide bonds. The largest absolute Gasteiger partial charge is 0.496 e. The van der Waals surface area contributed by atoms with Crippen molar-refractivity contribution in [3.63, 3.8) is 0 Å². The second-order valence-electron chi connectivity index (χ2n) is 3.51. The van der Waals surface area contributed by atoms with Gasteiger partial charge >= 0.3 is 0 Å². The number of nitrogens with two attached hydrogens (primary N) is 1. The fourth-order valence-electron chi connectivity index (χ4n) is 1.50. The fourth-order valence-corrected chi connectivity index (χ4v) is 2.22. The van der Waals surface area contributed by atoms with Gasteiger partial charge in [0.05, 0.1) is 12.8 Å². The molecule has 90 valence electrons. The van der Waals surface area contributed by atoms with Crippen molar-refractivity contribution in [2.75, 3.05) is 12.4 Å². The number of nitrogens with one attached hydrogen (secondary N) is 1. The van der Waals surface area contributed by atoms with Crippen molar-refractivity contribution in [1.82, 2.24) is 4.98 Å². The number of hydrogen-bond donors (Lipinski definition) is 2. The van der Waals surface area contributed by atoms with Crippen molar-refractivity contribution >= 4 is 16.5 Å². The van der Waals surface area contributed by atoms with Crippen LogP contribution >= 0.6 is 11.3 Å². The van der Waals surface area contributed by atoms with Gasteiger partial charge in [-0.1, -0.05) is 18.2 Å². The van der Waals surface area contributed by atoms with Crippen molar-refractivity contribution in [2.45, 2.75) is 13.1 Å². The zero-order valence-corrected chi connectivity index (χ0v) is 10.5. The SMILES string of the molecule is COc1ccccc1CNc1nc(CN)cs1. The highest BCUT2D eigenvalue weighted by molar-refractivity contribution is 7.13. The Hall–Kier alpha value is -1.59. The lowest BCUT2D eigenvalue weighted by Crippen LogP contribution is -2.02. The van der Waals surface area contributed by atoms with Crippen molar-refractivity contribution in [2.24, 2.45) is 5.73 Å². The zero-order valence-electron chi connectivity index (χ0n) is 9.64. The van der Waals surface area contributed by atoms with Gasteiger partial charge in [0, 0.05) is 24.0 Å². The Bertz CT molecular complexity index is 484. The average Bonchev–Trinajstić information content (AvgIpc) is 2.84. The number of thiazole rings is 1. The highest BCUT2D eigenvalue weighted by atomic mass is 32.1. The number of nitrogens with zero attached hydrogens (tertiary/aromatic N) is 1. The summed E-state index contributed by atoms with van der Waals surface area (Å²) in [5, 5.41) is 6.11. The Labute approximate surface area is 104 Å². The van der Waals surface area contributed by atoms with E-state index in [-0.39, 0.29) is 0 Å². The number of para-hydroxylation sites is 1. The predicted octanol–water partition coefficient (Wildman–Crippen LogP) is 2.22. The molecule has 5 heteroatoms. The van der Waals surface area contributed by atoms with E-state index in [0.717, 1.165) is 22.1 Å². The third-order valence-electron chi connectivity index (χ3n) is 2.38. The molecule has 0 bridgehead atoms. The van der Waals surface area contributed by atoms with Crippen molar-refractivity contribution in [3.05, 3.63) is 40.9 Å². The molecule has 0 aliphatic carbocycles. The minimum absolute atomic E-state index is 0.479. The molecule has 0 spiro atoms. The summed E-state index contributed by atoms with van der Waals surface area (Å²) in [6.07, 6.45) is 0. The van der Waals surface area contributed by atoms with E-state index in [1.807, 2.05) is 29.6 Å². The summed E-state index contributed by atoms with van der Waals surface area (Å²) in [4.78, 5) is 4.34. The van der Waals surface area contributed by atoms with Crippen LogP contribution in [-0.2, 0) is 13.1 Å². The monoisotopic (exact) mass is 249 g/mol. The number of ether oxygens (including phenoxy) is 1. The van der Waals surface area contributed by atoms with Crippen LogP contribution in [0.1, 0.15) is 11.3 Å². The number of benzene rings is 1. The molecule has 0 saturated carbocycles. The van der Waals surface area contributed by atoms with Crippen LogP contribution in [0.4, 0.5) is 5.13 Å². The molecule has 0 fully saturated rings. The van der Waals surface area contributed by atoms with Gasteiger partial charge in [-0.15, -0.1) is 11.3 Å². The number of rotatable bonds is 5. The lowest BCUT2D eigenvalue weighted by Gasteiger charge is -2.08. The fraction of sp³-hybridized carbons (Fsp3) is 0.250. The van der Waals surface area contributed by atoms with E-state index in [9.17, 15) is 0 Å². The lowest BCUT2D eigenvalue weighted by molar-refractivity contribution is 0.410. The van der Waals surface area contributed by atoms with Crippen molar-refractivity contribution < 1.29 is 4.74 Å². The zero-order chi connectivity index (χ0) is 12.1. The summed E-state index contributed by atoms with van der Waals surface area (Å²) < 4.78 is 5.28. The van der Waals surface area contributed by atoms with Gasteiger partial charge in [-0.25, -0.2) is 4.98 Å². The van der Waals surface area contributed by atoms with Gasteiger partial charge in [0.2, 0.25) is 0 Å². The number of hydrogen-bond acceptors (Lipinski definition) is 5. The van der Waals surface area contributed by atoms with Gasteiger partial charge in [0.1, 0.15) is 5.75 Å². The molecule has 0 aliphatic rings. The first-order valence-electron chi connectivity index (χ1n) is 5.33. The Morgan fingerprint density at radius 2 is 2.24 bits per heavy atom. The molecule has 2 aromatic rings. The Morgan fingerprint density at radius 1 is 1.41 bits per heavy atom. The first-order chi connectivity index (χ1) is 8.33. The normalized spacial score (nSPS) is 10.2. The van der Waals surface area contributed by atoms with Crippen molar-refractivity contribution in [3.8, 4) is 5.75 Å². The smallest absolute Gasteiger partial charge is 0.183 e. The summed E-state index contributed by atoms with van der Waals surface area (Å²) in [5.74, 6) is 0.885. The van der Waals surface area contributed by atoms with Gasteiger partial charge in [0.15, 0.2) is 5.13 Å². The molecule has 0 atom stereocenters. The summed E-state index contributed by atoms with van der Waals surface area (Å²) in [5.41, 5.74) is 7.54. The van der Waals surface area contributed by atoms with Gasteiger partial charge in [-0.05, 0) is 6.07 Å². The molecule has 0 saturated heterocycles. The van der Waals surface area contributed by atoms with Crippen LogP contribution in [0.3, 0.4) is 0 Å². The van der Waals surface area contributed by atoms with Crippen LogP contribution in [0.25, 0.3) is 0 Å². The molecular formula is C12H15N3OS. The molecule has 0 aliphatic heterocycles. The number of methoxy groups -OCH3 is 1. The Morgan fingerprint density at radius 3 is 2.94 bits per heavy atom. The summed E-state index contributed by atoms with van der Waals surface area (Å²) in [6, 6.07) is 7.93. The molecule has 1 aromatic heterocycles. The molecule has 3 N–H and O–H groups in total. The summed E-state index contributed by atoms with van der Waals surface area (Å²) in [7, 11) is 1.68. The third-order valence-corrected chi connectivity index (χ3v) is 3.23. The lowest BCUT2D eigenvalue weighted by atomic mass is 10.2. The predicted molar refractivity (Wildman–Crippen MR) is 70.3 cm³/mol. The number of aromatic nitrogens is 1. The molecule has 1 heterocycles. The van der Waals surface area contributed by atoms with Crippen LogP contribution in [0.5, 0.6) is 5.75 Å². The molecule has 1 aromatic carbocycles. The maximum Gasteiger partial charge on any atom is 0.183 e. The van der Waals surface area contributed by atoms with E-state index in [4.69, 9.17) is 10.5 Å². The molecular weight excluding hydrogens is 234 g/mol.